The molecule has 2 N–H and O–H groups in total. The van der Waals surface area contributed by atoms with Crippen LogP contribution in [0.2, 0.25) is 0 Å². The molecule has 1 amide bonds. The fourth-order valence-electron chi connectivity index (χ4n) is 4.85. The van der Waals surface area contributed by atoms with Crippen LogP contribution >= 0.6 is 0 Å². The monoisotopic (exact) mass is 437 g/mol. The molecule has 1 saturated heterocycles. The van der Waals surface area contributed by atoms with Crippen LogP contribution < -0.4 is 5.32 Å². The highest BCUT2D eigenvalue weighted by molar-refractivity contribution is 5.83. The molecule has 0 bridgehead atoms. The summed E-state index contributed by atoms with van der Waals surface area (Å²) in [7, 11) is 0. The molecule has 1 aliphatic heterocycles. The van der Waals surface area contributed by atoms with Crippen molar-refractivity contribution in [2.75, 3.05) is 19.6 Å². The highest BCUT2D eigenvalue weighted by atomic mass is 16.1. The van der Waals surface area contributed by atoms with Crippen molar-refractivity contribution in [3.8, 4) is 11.1 Å². The number of aromatic nitrogens is 1. The van der Waals surface area contributed by atoms with Crippen molar-refractivity contribution in [3.05, 3.63) is 96.2 Å². The van der Waals surface area contributed by atoms with E-state index in [1.54, 1.807) is 0 Å². The van der Waals surface area contributed by atoms with Crippen LogP contribution in [0.4, 0.5) is 0 Å². The zero-order chi connectivity index (χ0) is 22.5. The Labute approximate surface area is 195 Å². The summed E-state index contributed by atoms with van der Waals surface area (Å²) in [6.45, 7) is 3.58. The summed E-state index contributed by atoms with van der Waals surface area (Å²) < 4.78 is 0. The van der Waals surface area contributed by atoms with Crippen molar-refractivity contribution in [2.45, 2.75) is 25.8 Å². The normalized spacial score (nSPS) is 15.0. The minimum absolute atomic E-state index is 0.129. The number of nitrogens with one attached hydrogen (secondary N) is 2. The van der Waals surface area contributed by atoms with E-state index in [9.17, 15) is 4.79 Å². The average Bonchev–Trinajstić information content (AvgIpc) is 3.28. The first kappa shape index (κ1) is 21.5. The van der Waals surface area contributed by atoms with Gasteiger partial charge in [-0.25, -0.2) is 0 Å². The summed E-state index contributed by atoms with van der Waals surface area (Å²) in [6.07, 6.45) is 4.78. The molecular formula is C29H31N3O. The van der Waals surface area contributed by atoms with Crippen LogP contribution in [-0.4, -0.2) is 35.4 Å². The van der Waals surface area contributed by atoms with E-state index in [1.807, 2.05) is 12.1 Å². The molecule has 3 aromatic carbocycles. The molecule has 33 heavy (non-hydrogen) atoms. The number of hydrogen-bond donors (Lipinski definition) is 2. The highest BCUT2D eigenvalue weighted by Gasteiger charge is 2.24. The van der Waals surface area contributed by atoms with Crippen molar-refractivity contribution in [2.24, 2.45) is 5.92 Å². The molecule has 2 heterocycles. The number of nitrogens with zero attached hydrogens (tertiary/aromatic N) is 1. The van der Waals surface area contributed by atoms with Crippen molar-refractivity contribution in [3.63, 3.8) is 0 Å². The number of aromatic amines is 1. The second-order valence-electron chi connectivity index (χ2n) is 9.01. The van der Waals surface area contributed by atoms with Crippen LogP contribution in [-0.2, 0) is 17.8 Å². The van der Waals surface area contributed by atoms with E-state index in [0.29, 0.717) is 6.54 Å². The molecule has 1 aromatic heterocycles. The van der Waals surface area contributed by atoms with Crippen LogP contribution in [0.1, 0.15) is 24.0 Å². The zero-order valence-corrected chi connectivity index (χ0v) is 19.0. The molecule has 0 unspecified atom stereocenters. The smallest absolute Gasteiger partial charge is 0.223 e. The molecular weight excluding hydrogens is 406 g/mol. The minimum Gasteiger partial charge on any atom is -0.361 e. The van der Waals surface area contributed by atoms with Crippen molar-refractivity contribution >= 4 is 16.8 Å². The van der Waals surface area contributed by atoms with Gasteiger partial charge in [0.25, 0.3) is 0 Å². The van der Waals surface area contributed by atoms with E-state index in [2.05, 4.69) is 88.1 Å². The van der Waals surface area contributed by atoms with Gasteiger partial charge in [0.15, 0.2) is 0 Å². The number of amides is 1. The van der Waals surface area contributed by atoms with Gasteiger partial charge < -0.3 is 10.3 Å². The third-order valence-corrected chi connectivity index (χ3v) is 6.79. The van der Waals surface area contributed by atoms with Crippen molar-refractivity contribution < 1.29 is 4.79 Å². The Morgan fingerprint density at radius 3 is 2.36 bits per heavy atom. The predicted molar refractivity (Wildman–Crippen MR) is 135 cm³/mol. The van der Waals surface area contributed by atoms with Crippen LogP contribution in [0, 0.1) is 5.92 Å². The van der Waals surface area contributed by atoms with Crippen molar-refractivity contribution in [1.82, 2.24) is 15.2 Å². The second kappa shape index (κ2) is 10.1. The summed E-state index contributed by atoms with van der Waals surface area (Å²) in [4.78, 5) is 18.5. The molecule has 168 valence electrons. The van der Waals surface area contributed by atoms with Crippen LogP contribution in [0.15, 0.2) is 85.1 Å². The largest absolute Gasteiger partial charge is 0.361 e. The fourth-order valence-corrected chi connectivity index (χ4v) is 4.85. The summed E-state index contributed by atoms with van der Waals surface area (Å²) in [5, 5.41) is 4.42. The quantitative estimate of drug-likeness (QED) is 0.406. The molecule has 0 radical (unpaired) electrons. The first-order valence-corrected chi connectivity index (χ1v) is 12.0. The number of H-pyrrole nitrogens is 1. The van der Waals surface area contributed by atoms with Gasteiger partial charge in [-0.2, -0.15) is 0 Å². The molecule has 5 rings (SSSR count). The van der Waals surface area contributed by atoms with E-state index >= 15 is 0 Å². The molecule has 0 atom stereocenters. The van der Waals surface area contributed by atoms with Gasteiger partial charge in [0, 0.05) is 36.1 Å². The van der Waals surface area contributed by atoms with Crippen LogP contribution in [0.3, 0.4) is 0 Å². The lowest BCUT2D eigenvalue weighted by molar-refractivity contribution is -0.126. The van der Waals surface area contributed by atoms with Gasteiger partial charge in [-0.15, -0.1) is 0 Å². The lowest BCUT2D eigenvalue weighted by atomic mass is 9.95. The molecule has 1 aliphatic rings. The minimum atomic E-state index is 0.129. The van der Waals surface area contributed by atoms with E-state index < -0.39 is 0 Å². The van der Waals surface area contributed by atoms with Gasteiger partial charge in [0.2, 0.25) is 5.91 Å². The Balaban J connectivity index is 1.06. The molecule has 4 heteroatoms. The number of para-hydroxylation sites is 1. The van der Waals surface area contributed by atoms with E-state index in [0.717, 1.165) is 44.4 Å². The number of likely N-dealkylation sites (tertiary alicyclic amines) is 1. The highest BCUT2D eigenvalue weighted by Crippen LogP contribution is 2.23. The topological polar surface area (TPSA) is 48.1 Å². The summed E-state index contributed by atoms with van der Waals surface area (Å²) in [5.74, 6) is 0.339. The van der Waals surface area contributed by atoms with Gasteiger partial charge in [-0.05, 0) is 60.7 Å². The molecule has 0 aliphatic carbocycles. The standard InChI is InChI=1S/C29H31N3O/c33-29(30-17-14-26-20-31-28-9-5-4-8-27(26)28)25-15-18-32(19-16-25)21-22-10-12-24(13-11-22)23-6-2-1-3-7-23/h1-13,20,25,31H,14-19,21H2,(H,30,33). The number of rotatable bonds is 7. The van der Waals surface area contributed by atoms with Gasteiger partial charge in [-0.3, -0.25) is 9.69 Å². The van der Waals surface area contributed by atoms with E-state index in [4.69, 9.17) is 0 Å². The Kier molecular flexibility index (Phi) is 6.54. The summed E-state index contributed by atoms with van der Waals surface area (Å²) in [5.41, 5.74) is 6.25. The van der Waals surface area contributed by atoms with Crippen LogP contribution in [0.5, 0.6) is 0 Å². The molecule has 1 fully saturated rings. The first-order valence-electron chi connectivity index (χ1n) is 12.0. The van der Waals surface area contributed by atoms with Gasteiger partial charge in [-0.1, -0.05) is 72.8 Å². The van der Waals surface area contributed by atoms with E-state index in [1.165, 1.54) is 27.6 Å². The predicted octanol–water partition coefficient (Wildman–Crippen LogP) is 5.41. The molecule has 0 saturated carbocycles. The number of hydrogen-bond acceptors (Lipinski definition) is 2. The maximum atomic E-state index is 12.7. The Bertz CT molecular complexity index is 1190. The lowest BCUT2D eigenvalue weighted by Gasteiger charge is -2.31. The molecule has 4 aromatic rings. The van der Waals surface area contributed by atoms with Gasteiger partial charge in [0.1, 0.15) is 0 Å². The zero-order valence-electron chi connectivity index (χ0n) is 19.0. The maximum Gasteiger partial charge on any atom is 0.223 e. The number of fused-ring (bicyclic) bond motifs is 1. The van der Waals surface area contributed by atoms with E-state index in [-0.39, 0.29) is 11.8 Å². The fraction of sp³-hybridized carbons (Fsp3) is 0.276. The van der Waals surface area contributed by atoms with Gasteiger partial charge in [0.05, 0.1) is 0 Å². The number of piperidine rings is 1. The Hall–Kier alpha value is -3.37. The number of carbonyl (C=O) groups excluding carboxylic acids is 1. The van der Waals surface area contributed by atoms with Crippen LogP contribution in [0.25, 0.3) is 22.0 Å². The SMILES string of the molecule is O=C(NCCc1c[nH]c2ccccc12)C1CCN(Cc2ccc(-c3ccccc3)cc2)CC1. The second-order valence-corrected chi connectivity index (χ2v) is 9.01. The Morgan fingerprint density at radius 1 is 0.879 bits per heavy atom. The third kappa shape index (κ3) is 5.18. The third-order valence-electron chi connectivity index (χ3n) is 6.79. The van der Waals surface area contributed by atoms with Gasteiger partial charge >= 0.3 is 0 Å². The molecule has 0 spiro atoms. The summed E-state index contributed by atoms with van der Waals surface area (Å²) >= 11 is 0. The first-order chi connectivity index (χ1) is 16.3. The average molecular weight is 438 g/mol. The number of benzene rings is 3. The van der Waals surface area contributed by atoms with Crippen molar-refractivity contribution in [1.29, 1.82) is 0 Å². The molecule has 4 nitrogen and oxygen atoms in total. The Morgan fingerprint density at radius 2 is 1.58 bits per heavy atom. The lowest BCUT2D eigenvalue weighted by Crippen LogP contribution is -2.40. The number of carbonyl (C=O) groups is 1. The summed E-state index contributed by atoms with van der Waals surface area (Å²) in [6, 6.07) is 27.7. The maximum absolute atomic E-state index is 12.7.